The van der Waals surface area contributed by atoms with Crippen molar-refractivity contribution in [2.45, 2.75) is 5.41 Å². The van der Waals surface area contributed by atoms with Crippen LogP contribution in [0, 0.1) is 0 Å². The van der Waals surface area contributed by atoms with Gasteiger partial charge in [-0.15, -0.1) is 0 Å². The summed E-state index contributed by atoms with van der Waals surface area (Å²) in [4.78, 5) is 19.4. The van der Waals surface area contributed by atoms with Gasteiger partial charge in [0.2, 0.25) is 0 Å². The lowest BCUT2D eigenvalue weighted by Gasteiger charge is -2.32. The van der Waals surface area contributed by atoms with Crippen LogP contribution in [0.4, 0.5) is 0 Å². The second kappa shape index (κ2) is 10.8. The maximum absolute atomic E-state index is 5.02. The Morgan fingerprint density at radius 2 is 0.837 bits per heavy atom. The van der Waals surface area contributed by atoms with Crippen molar-refractivity contribution in [2.24, 2.45) is 0 Å². The van der Waals surface area contributed by atoms with Crippen molar-refractivity contribution in [3.63, 3.8) is 0 Å². The molecule has 0 radical (unpaired) electrons. The minimum Gasteiger partial charge on any atom is -0.253 e. The molecule has 0 atom stereocenters. The quantitative estimate of drug-likeness (QED) is 0.196. The molecule has 2 heterocycles. The van der Waals surface area contributed by atoms with Crippen LogP contribution in [0.25, 0.3) is 67.7 Å². The zero-order valence-corrected chi connectivity index (χ0v) is 26.5. The largest absolute Gasteiger partial charge is 0.253 e. The van der Waals surface area contributed by atoms with E-state index in [1.54, 1.807) is 6.20 Å². The second-order valence-electron chi connectivity index (χ2n) is 12.6. The van der Waals surface area contributed by atoms with Crippen LogP contribution in [0.15, 0.2) is 170 Å². The third-order valence-electron chi connectivity index (χ3n) is 10.0. The van der Waals surface area contributed by atoms with Gasteiger partial charge >= 0.3 is 0 Å². The van der Waals surface area contributed by atoms with E-state index in [-0.39, 0.29) is 0 Å². The van der Waals surface area contributed by atoms with E-state index in [1.807, 2.05) is 48.5 Å². The van der Waals surface area contributed by atoms with Crippen LogP contribution in [0.5, 0.6) is 0 Å². The monoisotopic (exact) mass is 624 g/mol. The van der Waals surface area contributed by atoms with Crippen LogP contribution in [0.2, 0.25) is 0 Å². The predicted molar refractivity (Wildman–Crippen MR) is 196 cm³/mol. The van der Waals surface area contributed by atoms with Crippen LogP contribution in [0.3, 0.4) is 0 Å². The fourth-order valence-corrected chi connectivity index (χ4v) is 8.05. The maximum atomic E-state index is 5.02. The number of pyridine rings is 1. The van der Waals surface area contributed by atoms with Crippen molar-refractivity contribution in [2.75, 3.05) is 0 Å². The summed E-state index contributed by atoms with van der Waals surface area (Å²) in [5, 5.41) is 0. The molecule has 0 fully saturated rings. The van der Waals surface area contributed by atoms with Gasteiger partial charge in [-0.2, -0.15) is 0 Å². The molecule has 49 heavy (non-hydrogen) atoms. The SMILES string of the molecule is c1ccc(-c2nc(-c3cccc(-c4cccc5c4C4(c6ccccc6-c6ccccc64)c4ccccc4-5)c3)nc(-c3ccccn3)n2)cc1. The van der Waals surface area contributed by atoms with Gasteiger partial charge < -0.3 is 0 Å². The standard InChI is InChI=1S/C45H28N4/c1-2-14-29(15-3-1)42-47-43(49-44(48-42)40-26-10-11-27-46-40)31-17-12-16-30(28-31)32-21-13-22-36-35-20-6-9-25-39(35)45(41(32)36)37-23-7-4-18-33(37)34-19-5-8-24-38(34)45/h1-28H. The van der Waals surface area contributed by atoms with Gasteiger partial charge in [0.25, 0.3) is 0 Å². The number of benzene rings is 6. The van der Waals surface area contributed by atoms with Crippen molar-refractivity contribution in [3.05, 3.63) is 192 Å². The summed E-state index contributed by atoms with van der Waals surface area (Å²) in [5.74, 6) is 1.77. The molecule has 0 saturated heterocycles. The molecule has 0 aliphatic heterocycles. The Morgan fingerprint density at radius 1 is 0.347 bits per heavy atom. The van der Waals surface area contributed by atoms with Crippen LogP contribution in [-0.2, 0) is 5.41 Å². The second-order valence-corrected chi connectivity index (χ2v) is 12.6. The smallest absolute Gasteiger partial charge is 0.182 e. The topological polar surface area (TPSA) is 51.6 Å². The molecule has 10 rings (SSSR count). The van der Waals surface area contributed by atoms with Gasteiger partial charge in [0.1, 0.15) is 5.69 Å². The number of hydrogen-bond donors (Lipinski definition) is 0. The average molecular weight is 625 g/mol. The summed E-state index contributed by atoms with van der Waals surface area (Å²) < 4.78 is 0. The van der Waals surface area contributed by atoms with E-state index in [1.165, 1.54) is 50.1 Å². The summed E-state index contributed by atoms with van der Waals surface area (Å²) >= 11 is 0. The van der Waals surface area contributed by atoms with Crippen LogP contribution >= 0.6 is 0 Å². The minimum absolute atomic E-state index is 0.439. The van der Waals surface area contributed by atoms with Gasteiger partial charge in [0, 0.05) is 17.3 Å². The number of aromatic nitrogens is 4. The number of hydrogen-bond acceptors (Lipinski definition) is 4. The van der Waals surface area contributed by atoms with Gasteiger partial charge in [-0.25, -0.2) is 15.0 Å². The van der Waals surface area contributed by atoms with E-state index in [9.17, 15) is 0 Å². The molecule has 0 saturated carbocycles. The molecule has 228 valence electrons. The first kappa shape index (κ1) is 27.6. The summed E-state index contributed by atoms with van der Waals surface area (Å²) in [6.45, 7) is 0. The Hall–Kier alpha value is -6.52. The van der Waals surface area contributed by atoms with Gasteiger partial charge in [0.05, 0.1) is 5.41 Å². The molecule has 8 aromatic rings. The number of nitrogens with zero attached hydrogens (tertiary/aromatic N) is 4. The lowest BCUT2D eigenvalue weighted by molar-refractivity contribution is 0.796. The molecular weight excluding hydrogens is 597 g/mol. The molecule has 2 aromatic heterocycles. The molecule has 6 aromatic carbocycles. The fourth-order valence-electron chi connectivity index (χ4n) is 8.05. The predicted octanol–water partition coefficient (Wildman–Crippen LogP) is 10.3. The summed E-state index contributed by atoms with van der Waals surface area (Å²) in [6, 6.07) is 58.1. The minimum atomic E-state index is -0.439. The van der Waals surface area contributed by atoms with Crippen molar-refractivity contribution < 1.29 is 0 Å². The fraction of sp³-hybridized carbons (Fsp3) is 0.0222. The average Bonchev–Trinajstić information content (AvgIpc) is 3.66. The molecule has 0 unspecified atom stereocenters. The highest BCUT2D eigenvalue weighted by atomic mass is 15.0. The Kier molecular flexibility index (Phi) is 6.06. The molecule has 2 aliphatic rings. The molecular formula is C45H28N4. The molecule has 1 spiro atoms. The zero-order valence-electron chi connectivity index (χ0n) is 26.5. The summed E-state index contributed by atoms with van der Waals surface area (Å²) in [5.41, 5.74) is 14.9. The van der Waals surface area contributed by atoms with Crippen LogP contribution in [-0.4, -0.2) is 19.9 Å². The van der Waals surface area contributed by atoms with Gasteiger partial charge in [-0.05, 0) is 73.8 Å². The van der Waals surface area contributed by atoms with Crippen LogP contribution in [0.1, 0.15) is 22.3 Å². The first-order valence-electron chi connectivity index (χ1n) is 16.6. The number of rotatable bonds is 4. The van der Waals surface area contributed by atoms with Crippen molar-refractivity contribution in [1.29, 1.82) is 0 Å². The molecule has 4 nitrogen and oxygen atoms in total. The van der Waals surface area contributed by atoms with E-state index in [4.69, 9.17) is 15.0 Å². The van der Waals surface area contributed by atoms with Gasteiger partial charge in [0.15, 0.2) is 17.5 Å². The summed E-state index contributed by atoms with van der Waals surface area (Å²) in [6.07, 6.45) is 1.77. The van der Waals surface area contributed by atoms with Crippen LogP contribution < -0.4 is 0 Å². The zero-order chi connectivity index (χ0) is 32.4. The first-order chi connectivity index (χ1) is 24.3. The molecule has 4 heteroatoms. The highest BCUT2D eigenvalue weighted by Crippen LogP contribution is 2.64. The molecule has 0 N–H and O–H groups in total. The Balaban J connectivity index is 1.21. The van der Waals surface area contributed by atoms with E-state index in [0.717, 1.165) is 16.7 Å². The highest BCUT2D eigenvalue weighted by molar-refractivity contribution is 5.98. The maximum Gasteiger partial charge on any atom is 0.182 e. The highest BCUT2D eigenvalue weighted by Gasteiger charge is 2.52. The Morgan fingerprint density at radius 3 is 1.51 bits per heavy atom. The normalized spacial score (nSPS) is 13.1. The molecule has 2 aliphatic carbocycles. The van der Waals surface area contributed by atoms with E-state index in [2.05, 4.69) is 120 Å². The van der Waals surface area contributed by atoms with Crippen molar-refractivity contribution >= 4 is 0 Å². The number of fused-ring (bicyclic) bond motifs is 10. The van der Waals surface area contributed by atoms with E-state index in [0.29, 0.717) is 23.2 Å². The van der Waals surface area contributed by atoms with Crippen molar-refractivity contribution in [3.8, 4) is 67.7 Å². The van der Waals surface area contributed by atoms with E-state index < -0.39 is 5.41 Å². The van der Waals surface area contributed by atoms with Gasteiger partial charge in [-0.1, -0.05) is 146 Å². The molecule has 0 amide bonds. The van der Waals surface area contributed by atoms with Crippen molar-refractivity contribution in [1.82, 2.24) is 19.9 Å². The molecule has 0 bridgehead atoms. The van der Waals surface area contributed by atoms with Gasteiger partial charge in [-0.3, -0.25) is 4.98 Å². The third-order valence-corrected chi connectivity index (χ3v) is 10.0. The lowest BCUT2D eigenvalue weighted by atomic mass is 9.68. The van der Waals surface area contributed by atoms with E-state index >= 15 is 0 Å². The lowest BCUT2D eigenvalue weighted by Crippen LogP contribution is -2.26. The Bertz CT molecular complexity index is 2440. The summed E-state index contributed by atoms with van der Waals surface area (Å²) in [7, 11) is 0. The first-order valence-corrected chi connectivity index (χ1v) is 16.6. The third kappa shape index (κ3) is 4.04. The Labute approximate surface area is 284 Å².